The second-order valence-electron chi connectivity index (χ2n) is 6.85. The van der Waals surface area contributed by atoms with Gasteiger partial charge >= 0.3 is 6.09 Å². The number of nitrogens with zero attached hydrogens (tertiary/aromatic N) is 1. The minimum atomic E-state index is -0.455. The number of hydrogen-bond acceptors (Lipinski definition) is 4. The van der Waals surface area contributed by atoms with E-state index in [2.05, 4.69) is 6.92 Å². The molecule has 1 saturated heterocycles. The Hall–Kier alpha value is -0.810. The summed E-state index contributed by atoms with van der Waals surface area (Å²) in [7, 11) is 0. The SMILES string of the molecule is CCOCCCOC1(C)CCCN(C(=O)OC(C)(C)C)C1. The van der Waals surface area contributed by atoms with Crippen LogP contribution in [0.3, 0.4) is 0 Å². The minimum absolute atomic E-state index is 0.244. The quantitative estimate of drug-likeness (QED) is 0.707. The summed E-state index contributed by atoms with van der Waals surface area (Å²) in [6.45, 7) is 13.2. The number of rotatable bonds is 6. The molecule has 0 aromatic rings. The van der Waals surface area contributed by atoms with Crippen molar-refractivity contribution >= 4 is 6.09 Å². The van der Waals surface area contributed by atoms with Gasteiger partial charge in [0.15, 0.2) is 0 Å². The molecule has 124 valence electrons. The van der Waals surface area contributed by atoms with Crippen molar-refractivity contribution in [1.82, 2.24) is 4.90 Å². The van der Waals surface area contributed by atoms with Crippen LogP contribution in [0.25, 0.3) is 0 Å². The van der Waals surface area contributed by atoms with E-state index in [1.54, 1.807) is 4.90 Å². The van der Waals surface area contributed by atoms with Gasteiger partial charge in [0.2, 0.25) is 0 Å². The molecule has 0 saturated carbocycles. The summed E-state index contributed by atoms with van der Waals surface area (Å²) in [5, 5.41) is 0. The summed E-state index contributed by atoms with van der Waals surface area (Å²) in [5.41, 5.74) is -0.731. The van der Waals surface area contributed by atoms with Crippen molar-refractivity contribution in [3.63, 3.8) is 0 Å². The van der Waals surface area contributed by atoms with Crippen LogP contribution >= 0.6 is 0 Å². The van der Waals surface area contributed by atoms with Gasteiger partial charge in [0.1, 0.15) is 5.60 Å². The fourth-order valence-corrected chi connectivity index (χ4v) is 2.43. The molecule has 1 aliphatic heterocycles. The normalized spacial score (nSPS) is 23.2. The summed E-state index contributed by atoms with van der Waals surface area (Å²) >= 11 is 0. The Kier molecular flexibility index (Phi) is 6.94. The van der Waals surface area contributed by atoms with Gasteiger partial charge in [0.05, 0.1) is 12.1 Å². The smallest absolute Gasteiger partial charge is 0.410 e. The fraction of sp³-hybridized carbons (Fsp3) is 0.938. The van der Waals surface area contributed by atoms with E-state index in [1.807, 2.05) is 27.7 Å². The van der Waals surface area contributed by atoms with Gasteiger partial charge in [-0.25, -0.2) is 4.79 Å². The second-order valence-corrected chi connectivity index (χ2v) is 6.85. The maximum Gasteiger partial charge on any atom is 0.410 e. The van der Waals surface area contributed by atoms with Crippen LogP contribution in [0.1, 0.15) is 53.9 Å². The average Bonchev–Trinajstić information content (AvgIpc) is 2.36. The Morgan fingerprint density at radius 2 is 2.00 bits per heavy atom. The Labute approximate surface area is 128 Å². The lowest BCUT2D eigenvalue weighted by Crippen LogP contribution is -2.51. The first kappa shape index (κ1) is 18.2. The molecule has 1 heterocycles. The molecule has 1 aliphatic rings. The Bertz CT molecular complexity index is 327. The number of likely N-dealkylation sites (tertiary alicyclic amines) is 1. The molecule has 1 unspecified atom stereocenters. The molecular formula is C16H31NO4. The molecule has 5 nitrogen and oxygen atoms in total. The molecule has 0 radical (unpaired) electrons. The van der Waals surface area contributed by atoms with Crippen LogP contribution in [0.2, 0.25) is 0 Å². The summed E-state index contributed by atoms with van der Waals surface area (Å²) in [4.78, 5) is 13.9. The van der Waals surface area contributed by atoms with E-state index >= 15 is 0 Å². The first-order valence-electron chi connectivity index (χ1n) is 7.95. The minimum Gasteiger partial charge on any atom is -0.444 e. The third-order valence-electron chi connectivity index (χ3n) is 3.40. The van der Waals surface area contributed by atoms with Crippen molar-refractivity contribution in [2.24, 2.45) is 0 Å². The van der Waals surface area contributed by atoms with Crippen molar-refractivity contribution in [3.05, 3.63) is 0 Å². The highest BCUT2D eigenvalue weighted by atomic mass is 16.6. The molecule has 0 spiro atoms. The Morgan fingerprint density at radius 1 is 1.29 bits per heavy atom. The van der Waals surface area contributed by atoms with Crippen LogP contribution in [0.5, 0.6) is 0 Å². The van der Waals surface area contributed by atoms with Crippen molar-refractivity contribution in [1.29, 1.82) is 0 Å². The maximum absolute atomic E-state index is 12.1. The van der Waals surface area contributed by atoms with Crippen LogP contribution in [0.4, 0.5) is 4.79 Å². The molecule has 1 amide bonds. The van der Waals surface area contributed by atoms with Crippen LogP contribution in [-0.2, 0) is 14.2 Å². The molecule has 0 N–H and O–H groups in total. The third kappa shape index (κ3) is 7.14. The largest absolute Gasteiger partial charge is 0.444 e. The highest BCUT2D eigenvalue weighted by Gasteiger charge is 2.35. The van der Waals surface area contributed by atoms with Crippen LogP contribution in [0.15, 0.2) is 0 Å². The Balaban J connectivity index is 2.41. The predicted molar refractivity (Wildman–Crippen MR) is 82.5 cm³/mol. The molecular weight excluding hydrogens is 270 g/mol. The van der Waals surface area contributed by atoms with E-state index in [1.165, 1.54) is 0 Å². The van der Waals surface area contributed by atoms with Gasteiger partial charge in [0, 0.05) is 26.4 Å². The zero-order valence-electron chi connectivity index (χ0n) is 14.2. The van der Waals surface area contributed by atoms with Crippen molar-refractivity contribution in [3.8, 4) is 0 Å². The summed E-state index contributed by atoms with van der Waals surface area (Å²) in [6.07, 6.45) is 2.56. The molecule has 21 heavy (non-hydrogen) atoms. The van der Waals surface area contributed by atoms with Crippen LogP contribution < -0.4 is 0 Å². The number of ether oxygens (including phenoxy) is 3. The lowest BCUT2D eigenvalue weighted by molar-refractivity contribution is -0.0835. The van der Waals surface area contributed by atoms with Gasteiger partial charge < -0.3 is 19.1 Å². The van der Waals surface area contributed by atoms with Crippen molar-refractivity contribution in [2.45, 2.75) is 65.1 Å². The van der Waals surface area contributed by atoms with Gasteiger partial charge in [-0.1, -0.05) is 0 Å². The van der Waals surface area contributed by atoms with E-state index in [-0.39, 0.29) is 11.7 Å². The summed E-state index contributed by atoms with van der Waals surface area (Å²) < 4.78 is 16.7. The van der Waals surface area contributed by atoms with Gasteiger partial charge in [-0.05, 0) is 53.9 Å². The standard InChI is InChI=1S/C16H31NO4/c1-6-19-11-8-12-20-16(5)9-7-10-17(13-16)14(18)21-15(2,3)4/h6-13H2,1-5H3. The third-order valence-corrected chi connectivity index (χ3v) is 3.40. The zero-order chi connectivity index (χ0) is 15.9. The van der Waals surface area contributed by atoms with E-state index in [0.29, 0.717) is 13.2 Å². The van der Waals surface area contributed by atoms with Gasteiger partial charge in [-0.15, -0.1) is 0 Å². The first-order valence-corrected chi connectivity index (χ1v) is 7.95. The lowest BCUT2D eigenvalue weighted by Gasteiger charge is -2.40. The summed E-state index contributed by atoms with van der Waals surface area (Å²) in [5.74, 6) is 0. The number of carbonyl (C=O) groups excluding carboxylic acids is 1. The molecule has 1 rings (SSSR count). The number of carbonyl (C=O) groups is 1. The molecule has 0 aliphatic carbocycles. The van der Waals surface area contributed by atoms with Gasteiger partial charge in [-0.2, -0.15) is 0 Å². The summed E-state index contributed by atoms with van der Waals surface area (Å²) in [6, 6.07) is 0. The van der Waals surface area contributed by atoms with E-state index < -0.39 is 5.60 Å². The topological polar surface area (TPSA) is 48.0 Å². The fourth-order valence-electron chi connectivity index (χ4n) is 2.43. The highest BCUT2D eigenvalue weighted by molar-refractivity contribution is 5.68. The second kappa shape index (κ2) is 7.99. The average molecular weight is 301 g/mol. The van der Waals surface area contributed by atoms with Crippen LogP contribution in [-0.4, -0.2) is 55.1 Å². The molecule has 0 aromatic heterocycles. The van der Waals surface area contributed by atoms with E-state index in [9.17, 15) is 4.79 Å². The molecule has 1 atom stereocenters. The Morgan fingerprint density at radius 3 is 2.62 bits per heavy atom. The number of amides is 1. The first-order chi connectivity index (χ1) is 9.76. The van der Waals surface area contributed by atoms with Gasteiger partial charge in [0.25, 0.3) is 0 Å². The lowest BCUT2D eigenvalue weighted by atomic mass is 9.95. The van der Waals surface area contributed by atoms with E-state index in [4.69, 9.17) is 14.2 Å². The van der Waals surface area contributed by atoms with Crippen LogP contribution in [0, 0.1) is 0 Å². The molecule has 0 aromatic carbocycles. The molecule has 5 heteroatoms. The molecule has 1 fully saturated rings. The van der Waals surface area contributed by atoms with E-state index in [0.717, 1.165) is 39.0 Å². The predicted octanol–water partition coefficient (Wildman–Crippen LogP) is 3.22. The van der Waals surface area contributed by atoms with Gasteiger partial charge in [-0.3, -0.25) is 0 Å². The number of piperidine rings is 1. The monoisotopic (exact) mass is 301 g/mol. The maximum atomic E-state index is 12.1. The zero-order valence-corrected chi connectivity index (χ0v) is 14.2. The van der Waals surface area contributed by atoms with Crippen molar-refractivity contribution < 1.29 is 19.0 Å². The van der Waals surface area contributed by atoms with Crippen molar-refractivity contribution in [2.75, 3.05) is 32.9 Å². The molecule has 0 bridgehead atoms. The number of hydrogen-bond donors (Lipinski definition) is 0. The highest BCUT2D eigenvalue weighted by Crippen LogP contribution is 2.26.